The van der Waals surface area contributed by atoms with E-state index < -0.39 is 24.1 Å². The van der Waals surface area contributed by atoms with Crippen molar-refractivity contribution in [3.05, 3.63) is 0 Å². The molecule has 37 heavy (non-hydrogen) atoms. The number of carbonyl (C=O) groups is 3. The number of carboxylic acids is 2. The first kappa shape index (κ1) is 39.4. The average Bonchev–Trinajstić information content (AvgIpc) is 2.80. The zero-order chi connectivity index (χ0) is 29.0. The molecular weight excluding hydrogens is 493 g/mol. The normalized spacial score (nSPS) is 11.5. The largest absolute Gasteiger partial charge is 0.490 e. The molecular formula is C25H51F3N4O5. The molecule has 1 unspecified atom stereocenters. The highest BCUT2D eigenvalue weighted by Crippen LogP contribution is 2.13. The van der Waals surface area contributed by atoms with Crippen molar-refractivity contribution in [2.24, 2.45) is 11.5 Å². The van der Waals surface area contributed by atoms with Gasteiger partial charge in [-0.3, -0.25) is 4.79 Å². The maximum Gasteiger partial charge on any atom is 0.490 e. The van der Waals surface area contributed by atoms with Crippen molar-refractivity contribution in [3.63, 3.8) is 0 Å². The number of aliphatic carboxylic acids is 2. The van der Waals surface area contributed by atoms with Gasteiger partial charge in [0.25, 0.3) is 0 Å². The van der Waals surface area contributed by atoms with E-state index in [0.29, 0.717) is 6.42 Å². The first-order chi connectivity index (χ1) is 17.4. The van der Waals surface area contributed by atoms with Crippen LogP contribution in [0, 0.1) is 0 Å². The Balaban J connectivity index is -0.000000872. The number of halogens is 3. The number of unbranched alkanes of at least 4 members (excludes halogenated alkanes) is 12. The Morgan fingerprint density at radius 2 is 1.03 bits per heavy atom. The van der Waals surface area contributed by atoms with Crippen LogP contribution in [0.2, 0.25) is 0 Å². The average molecular weight is 545 g/mol. The van der Waals surface area contributed by atoms with E-state index in [0.717, 1.165) is 32.5 Å². The summed E-state index contributed by atoms with van der Waals surface area (Å²) in [7, 11) is 0. The second-order valence-corrected chi connectivity index (χ2v) is 8.80. The highest BCUT2D eigenvalue weighted by molar-refractivity contribution is 5.73. The standard InChI is InChI=1S/C22H46N2O2.C2HF3O2.CH4N2O/c1-3-5-6-7-8-9-10-11-12-13-14-15-18-23-19-16-17-20-24-21(4-2)22(25)26;3-2(4,5)1(6)7;2-1(3)4/h21,23-24H,3-20H2,1-2H3,(H,25,26);(H,6,7);(H4,2,3,4). The van der Waals surface area contributed by atoms with Gasteiger partial charge in [-0.25, -0.2) is 9.59 Å². The number of alkyl halides is 3. The third kappa shape index (κ3) is 38.6. The molecule has 0 aliphatic rings. The Kier molecular flexibility index (Phi) is 30.4. The number of primary amides is 2. The molecule has 8 N–H and O–H groups in total. The highest BCUT2D eigenvalue weighted by atomic mass is 19.4. The van der Waals surface area contributed by atoms with Gasteiger partial charge in [0.2, 0.25) is 0 Å². The lowest BCUT2D eigenvalue weighted by Crippen LogP contribution is -2.36. The van der Waals surface area contributed by atoms with Crippen molar-refractivity contribution in [1.82, 2.24) is 10.6 Å². The fourth-order valence-electron chi connectivity index (χ4n) is 3.27. The van der Waals surface area contributed by atoms with Crippen LogP contribution in [-0.2, 0) is 9.59 Å². The number of nitrogens with one attached hydrogen (secondary N) is 2. The summed E-state index contributed by atoms with van der Waals surface area (Å²) in [5.41, 5.74) is 8.50. The van der Waals surface area contributed by atoms with E-state index in [1.165, 1.54) is 77.0 Å². The zero-order valence-electron chi connectivity index (χ0n) is 22.7. The van der Waals surface area contributed by atoms with Gasteiger partial charge in [0, 0.05) is 0 Å². The number of carbonyl (C=O) groups excluding carboxylic acids is 1. The van der Waals surface area contributed by atoms with Crippen molar-refractivity contribution >= 4 is 18.0 Å². The van der Waals surface area contributed by atoms with Crippen LogP contribution in [0.3, 0.4) is 0 Å². The number of rotatable bonds is 21. The molecule has 0 saturated carbocycles. The Bertz CT molecular complexity index is 549. The first-order valence-electron chi connectivity index (χ1n) is 13.4. The van der Waals surface area contributed by atoms with Crippen LogP contribution in [0.5, 0.6) is 0 Å². The Morgan fingerprint density at radius 1 is 0.703 bits per heavy atom. The predicted octanol–water partition coefficient (Wildman–Crippen LogP) is 5.17. The first-order valence-corrected chi connectivity index (χ1v) is 13.4. The molecule has 0 saturated heterocycles. The molecule has 0 aliphatic carbocycles. The van der Waals surface area contributed by atoms with Crippen LogP contribution in [0.25, 0.3) is 0 Å². The lowest BCUT2D eigenvalue weighted by atomic mass is 10.1. The van der Waals surface area contributed by atoms with E-state index in [1.807, 2.05) is 6.92 Å². The molecule has 2 amide bonds. The molecule has 0 aromatic rings. The fourth-order valence-corrected chi connectivity index (χ4v) is 3.27. The summed E-state index contributed by atoms with van der Waals surface area (Å²) in [5.74, 6) is -3.50. The van der Waals surface area contributed by atoms with Gasteiger partial charge in [0.1, 0.15) is 6.04 Å². The summed E-state index contributed by atoms with van der Waals surface area (Å²) in [6.07, 6.45) is 14.5. The minimum absolute atomic E-state index is 0.385. The topological polar surface area (TPSA) is 168 Å². The molecule has 0 aromatic carbocycles. The molecule has 12 heteroatoms. The van der Waals surface area contributed by atoms with Crippen molar-refractivity contribution in [2.45, 2.75) is 122 Å². The molecule has 0 rings (SSSR count). The van der Waals surface area contributed by atoms with Gasteiger partial charge in [-0.15, -0.1) is 0 Å². The molecule has 222 valence electrons. The van der Waals surface area contributed by atoms with Gasteiger partial charge in [-0.2, -0.15) is 13.2 Å². The quantitative estimate of drug-likeness (QED) is 0.108. The fraction of sp³-hybridized carbons (Fsp3) is 0.880. The number of hydrogen-bond donors (Lipinski definition) is 6. The number of amides is 2. The van der Waals surface area contributed by atoms with Gasteiger partial charge in [-0.1, -0.05) is 84.5 Å². The lowest BCUT2D eigenvalue weighted by molar-refractivity contribution is -0.192. The Morgan fingerprint density at radius 3 is 1.35 bits per heavy atom. The van der Waals surface area contributed by atoms with Gasteiger partial charge in [0.15, 0.2) is 0 Å². The summed E-state index contributed by atoms with van der Waals surface area (Å²) in [6.45, 7) is 7.15. The molecule has 1 atom stereocenters. The van der Waals surface area contributed by atoms with Crippen molar-refractivity contribution < 1.29 is 37.8 Å². The summed E-state index contributed by atoms with van der Waals surface area (Å²) < 4.78 is 31.7. The van der Waals surface area contributed by atoms with Crippen LogP contribution < -0.4 is 22.1 Å². The molecule has 0 aromatic heterocycles. The predicted molar refractivity (Wildman–Crippen MR) is 140 cm³/mol. The highest BCUT2D eigenvalue weighted by Gasteiger charge is 2.38. The van der Waals surface area contributed by atoms with E-state index in [9.17, 15) is 18.0 Å². The summed E-state index contributed by atoms with van der Waals surface area (Å²) in [4.78, 5) is 28.8. The van der Waals surface area contributed by atoms with Gasteiger partial charge < -0.3 is 32.3 Å². The molecule has 0 spiro atoms. The van der Waals surface area contributed by atoms with Gasteiger partial charge in [-0.05, 0) is 45.3 Å². The summed E-state index contributed by atoms with van der Waals surface area (Å²) in [6, 6.07) is -1.22. The molecule has 0 aliphatic heterocycles. The zero-order valence-corrected chi connectivity index (χ0v) is 22.7. The monoisotopic (exact) mass is 544 g/mol. The van der Waals surface area contributed by atoms with E-state index in [1.54, 1.807) is 0 Å². The van der Waals surface area contributed by atoms with Crippen molar-refractivity contribution in [1.29, 1.82) is 0 Å². The minimum Gasteiger partial charge on any atom is -0.480 e. The molecule has 0 heterocycles. The van der Waals surface area contributed by atoms with Gasteiger partial charge >= 0.3 is 24.1 Å². The van der Waals surface area contributed by atoms with Crippen LogP contribution in [-0.4, -0.2) is 60.0 Å². The summed E-state index contributed by atoms with van der Waals surface area (Å²) in [5, 5.41) is 22.7. The van der Waals surface area contributed by atoms with E-state index >= 15 is 0 Å². The third-order valence-corrected chi connectivity index (χ3v) is 5.33. The molecule has 9 nitrogen and oxygen atoms in total. The molecule has 0 fully saturated rings. The minimum atomic E-state index is -5.08. The second-order valence-electron chi connectivity index (χ2n) is 8.80. The van der Waals surface area contributed by atoms with Crippen LogP contribution in [0.4, 0.5) is 18.0 Å². The van der Waals surface area contributed by atoms with Crippen LogP contribution >= 0.6 is 0 Å². The van der Waals surface area contributed by atoms with E-state index in [2.05, 4.69) is 29.0 Å². The molecule has 0 radical (unpaired) electrons. The number of urea groups is 1. The Labute approximate surface area is 220 Å². The second kappa shape index (κ2) is 28.5. The summed E-state index contributed by atoms with van der Waals surface area (Å²) >= 11 is 0. The van der Waals surface area contributed by atoms with Crippen molar-refractivity contribution in [2.75, 3.05) is 19.6 Å². The maximum absolute atomic E-state index is 10.9. The number of hydrogen-bond acceptors (Lipinski definition) is 5. The smallest absolute Gasteiger partial charge is 0.480 e. The number of carboxylic acid groups (broad SMARTS) is 2. The van der Waals surface area contributed by atoms with Gasteiger partial charge in [0.05, 0.1) is 0 Å². The SMILES string of the molecule is CCCCCCCCCCCCCCNCCCCNC(CC)C(=O)O.NC(N)=O.O=C(O)C(F)(F)F. The number of nitrogens with two attached hydrogens (primary N) is 2. The molecule has 0 bridgehead atoms. The van der Waals surface area contributed by atoms with Crippen molar-refractivity contribution in [3.8, 4) is 0 Å². The third-order valence-electron chi connectivity index (χ3n) is 5.33. The lowest BCUT2D eigenvalue weighted by Gasteiger charge is -2.11. The maximum atomic E-state index is 10.9. The van der Waals surface area contributed by atoms with Crippen LogP contribution in [0.1, 0.15) is 110 Å². The van der Waals surface area contributed by atoms with E-state index in [-0.39, 0.29) is 6.04 Å². The Hall–Kier alpha value is -2.08. The van der Waals surface area contributed by atoms with E-state index in [4.69, 9.17) is 19.8 Å². The van der Waals surface area contributed by atoms with Crippen LogP contribution in [0.15, 0.2) is 0 Å².